The molecule has 1 fully saturated rings. The van der Waals surface area contributed by atoms with Crippen LogP contribution in [0, 0.1) is 12.8 Å². The summed E-state index contributed by atoms with van der Waals surface area (Å²) in [4.78, 5) is 14.0. The smallest absolute Gasteiger partial charge is 0.280 e. The monoisotopic (exact) mass is 403 g/mol. The number of phenolic OH excluding ortho intramolecular Hbond substituents is 1. The summed E-state index contributed by atoms with van der Waals surface area (Å²) in [5, 5.41) is 9.53. The van der Waals surface area contributed by atoms with Crippen molar-refractivity contribution in [1.29, 1.82) is 0 Å². The van der Waals surface area contributed by atoms with Gasteiger partial charge in [0.15, 0.2) is 0 Å². The van der Waals surface area contributed by atoms with Gasteiger partial charge in [0.25, 0.3) is 10.0 Å². The van der Waals surface area contributed by atoms with Crippen LogP contribution in [0.5, 0.6) is 5.75 Å². The molecule has 1 saturated carbocycles. The number of hydrogen-bond acceptors (Lipinski definition) is 6. The van der Waals surface area contributed by atoms with Crippen molar-refractivity contribution in [1.82, 2.24) is 0 Å². The van der Waals surface area contributed by atoms with Gasteiger partial charge in [0, 0.05) is 10.8 Å². The first kappa shape index (κ1) is 17.8. The Balaban J connectivity index is 1.73. The van der Waals surface area contributed by atoms with Gasteiger partial charge < -0.3 is 9.52 Å². The number of phenols is 1. The van der Waals surface area contributed by atoms with Gasteiger partial charge in [-0.2, -0.15) is 8.42 Å². The summed E-state index contributed by atoms with van der Waals surface area (Å²) in [6.07, 6.45) is 2.08. The molecule has 1 N–H and O–H groups in total. The molecule has 2 atom stereocenters. The quantitative estimate of drug-likeness (QED) is 0.698. The fourth-order valence-electron chi connectivity index (χ4n) is 3.05. The Bertz CT molecular complexity index is 1070. The molecule has 1 amide bonds. The summed E-state index contributed by atoms with van der Waals surface area (Å²) >= 11 is 1.12. The van der Waals surface area contributed by atoms with E-state index in [-0.39, 0.29) is 21.6 Å². The highest BCUT2D eigenvalue weighted by Gasteiger charge is 2.50. The van der Waals surface area contributed by atoms with Crippen LogP contribution in [0.4, 0.5) is 5.69 Å². The molecule has 2 heterocycles. The molecule has 0 bridgehead atoms. The number of nitrogens with zero attached hydrogens (tertiary/aromatic N) is 1. The zero-order valence-corrected chi connectivity index (χ0v) is 16.0. The normalized spacial score (nSPS) is 19.0. The summed E-state index contributed by atoms with van der Waals surface area (Å²) in [5.74, 6) is -0.389. The summed E-state index contributed by atoms with van der Waals surface area (Å²) in [5.41, 5.74) is 0.203. The molecule has 1 aliphatic carbocycles. The maximum Gasteiger partial charge on any atom is 0.280 e. The number of sulfonamides is 1. The second-order valence-electron chi connectivity index (χ2n) is 6.45. The second kappa shape index (κ2) is 6.54. The lowest BCUT2D eigenvalue weighted by Gasteiger charge is -2.22. The van der Waals surface area contributed by atoms with E-state index in [1.807, 2.05) is 6.92 Å². The molecule has 4 rings (SSSR count). The molecule has 1 aliphatic rings. The van der Waals surface area contributed by atoms with Gasteiger partial charge in [-0.15, -0.1) is 11.3 Å². The summed E-state index contributed by atoms with van der Waals surface area (Å²) < 4.78 is 32.8. The average molecular weight is 403 g/mol. The number of carbonyl (C=O) groups excluding carboxylic acids is 1. The number of aryl methyl sites for hydroxylation is 1. The van der Waals surface area contributed by atoms with Crippen LogP contribution in [0.15, 0.2) is 63.4 Å². The number of thiophene rings is 1. The molecule has 0 unspecified atom stereocenters. The Hall–Kier alpha value is -2.58. The van der Waals surface area contributed by atoms with Crippen molar-refractivity contribution in [3.8, 4) is 5.75 Å². The van der Waals surface area contributed by atoms with Gasteiger partial charge in [-0.25, -0.2) is 4.31 Å². The van der Waals surface area contributed by atoms with E-state index in [0.29, 0.717) is 12.2 Å². The first-order chi connectivity index (χ1) is 12.9. The fourth-order valence-corrected chi connectivity index (χ4v) is 5.87. The number of hydrogen-bond donors (Lipinski definition) is 1. The predicted octanol–water partition coefficient (Wildman–Crippen LogP) is 3.88. The van der Waals surface area contributed by atoms with Crippen LogP contribution in [0.1, 0.15) is 23.0 Å². The first-order valence-electron chi connectivity index (χ1n) is 8.36. The van der Waals surface area contributed by atoms with E-state index in [0.717, 1.165) is 20.5 Å². The number of rotatable bonds is 5. The van der Waals surface area contributed by atoms with E-state index in [9.17, 15) is 18.3 Å². The minimum Gasteiger partial charge on any atom is -0.508 e. The first-order valence-corrected chi connectivity index (χ1v) is 10.6. The zero-order valence-electron chi connectivity index (χ0n) is 14.4. The molecule has 1 aromatic carbocycles. The zero-order chi connectivity index (χ0) is 19.2. The van der Waals surface area contributed by atoms with Gasteiger partial charge >= 0.3 is 0 Å². The Labute approximate surface area is 160 Å². The average Bonchev–Trinajstić information content (AvgIpc) is 3.03. The number of aromatic hydroxyl groups is 1. The maximum absolute atomic E-state index is 13.2. The van der Waals surface area contributed by atoms with E-state index in [1.165, 1.54) is 36.6 Å². The SMILES string of the molecule is Cc1ccc(S(=O)(=O)N(C(=O)[C@H]2C[C@@H]2c2ccco2)c2ccc(O)cc2)s1. The van der Waals surface area contributed by atoms with Crippen LogP contribution in [0.3, 0.4) is 0 Å². The van der Waals surface area contributed by atoms with E-state index < -0.39 is 21.8 Å². The van der Waals surface area contributed by atoms with Gasteiger partial charge in [0.2, 0.25) is 5.91 Å². The third-order valence-electron chi connectivity index (χ3n) is 4.51. The Morgan fingerprint density at radius 3 is 2.52 bits per heavy atom. The molecule has 6 nitrogen and oxygen atoms in total. The minimum atomic E-state index is -4.05. The lowest BCUT2D eigenvalue weighted by atomic mass is 10.2. The number of amides is 1. The van der Waals surface area contributed by atoms with Crippen LogP contribution in [0.25, 0.3) is 0 Å². The third kappa shape index (κ3) is 3.26. The Morgan fingerprint density at radius 2 is 1.93 bits per heavy atom. The molecular formula is C19H17NO5S2. The molecule has 2 aromatic heterocycles. The van der Waals surface area contributed by atoms with Gasteiger partial charge in [0.05, 0.1) is 17.9 Å². The van der Waals surface area contributed by atoms with Gasteiger partial charge in [0.1, 0.15) is 15.7 Å². The topological polar surface area (TPSA) is 87.8 Å². The highest BCUT2D eigenvalue weighted by atomic mass is 32.2. The molecule has 3 aromatic rings. The summed E-state index contributed by atoms with van der Waals surface area (Å²) in [7, 11) is -4.05. The minimum absolute atomic E-state index is 0.00426. The largest absolute Gasteiger partial charge is 0.508 e. The fraction of sp³-hybridized carbons (Fsp3) is 0.211. The number of anilines is 1. The number of benzene rings is 1. The maximum atomic E-state index is 13.2. The van der Waals surface area contributed by atoms with Crippen molar-refractivity contribution in [3.05, 3.63) is 65.4 Å². The second-order valence-corrected chi connectivity index (χ2v) is 9.75. The highest BCUT2D eigenvalue weighted by molar-refractivity contribution is 7.95. The standard InChI is InChI=1S/C19H17NO5S2/c1-12-4-9-18(26-12)27(23,24)20(13-5-7-14(21)8-6-13)19(22)16-11-15(16)17-3-2-10-25-17/h2-10,15-16,21H,11H2,1H3/t15-,16-/m0/s1. The van der Waals surface area contributed by atoms with E-state index in [4.69, 9.17) is 4.42 Å². The predicted molar refractivity (Wildman–Crippen MR) is 101 cm³/mol. The van der Waals surface area contributed by atoms with Gasteiger partial charge in [-0.3, -0.25) is 4.79 Å². The van der Waals surface area contributed by atoms with Crippen molar-refractivity contribution >= 4 is 33.0 Å². The van der Waals surface area contributed by atoms with Crippen molar-refractivity contribution in [3.63, 3.8) is 0 Å². The highest BCUT2D eigenvalue weighted by Crippen LogP contribution is 2.49. The number of carbonyl (C=O) groups is 1. The lowest BCUT2D eigenvalue weighted by Crippen LogP contribution is -2.38. The summed E-state index contributed by atoms with van der Waals surface area (Å²) in [6, 6.07) is 12.3. The molecular weight excluding hydrogens is 386 g/mol. The molecule has 27 heavy (non-hydrogen) atoms. The van der Waals surface area contributed by atoms with Crippen molar-refractivity contribution < 1.29 is 22.7 Å². The van der Waals surface area contributed by atoms with Crippen LogP contribution in [-0.4, -0.2) is 19.4 Å². The molecule has 140 valence electrons. The van der Waals surface area contributed by atoms with E-state index in [2.05, 4.69) is 0 Å². The lowest BCUT2D eigenvalue weighted by molar-refractivity contribution is -0.118. The molecule has 0 saturated heterocycles. The molecule has 0 radical (unpaired) electrons. The molecule has 8 heteroatoms. The van der Waals surface area contributed by atoms with E-state index >= 15 is 0 Å². The number of furan rings is 1. The van der Waals surface area contributed by atoms with Crippen LogP contribution in [0.2, 0.25) is 0 Å². The van der Waals surface area contributed by atoms with Crippen molar-refractivity contribution in [2.24, 2.45) is 5.92 Å². The van der Waals surface area contributed by atoms with Crippen molar-refractivity contribution in [2.45, 2.75) is 23.5 Å². The Kier molecular flexibility index (Phi) is 4.32. The van der Waals surface area contributed by atoms with Crippen LogP contribution >= 0.6 is 11.3 Å². The van der Waals surface area contributed by atoms with Crippen LogP contribution < -0.4 is 4.31 Å². The molecule has 0 spiro atoms. The van der Waals surface area contributed by atoms with E-state index in [1.54, 1.807) is 18.2 Å². The molecule has 0 aliphatic heterocycles. The Morgan fingerprint density at radius 1 is 1.19 bits per heavy atom. The van der Waals surface area contributed by atoms with Crippen LogP contribution in [-0.2, 0) is 14.8 Å². The summed E-state index contributed by atoms with van der Waals surface area (Å²) in [6.45, 7) is 1.81. The third-order valence-corrected chi connectivity index (χ3v) is 7.70. The van der Waals surface area contributed by atoms with Gasteiger partial charge in [-0.05, 0) is 61.9 Å². The van der Waals surface area contributed by atoms with Gasteiger partial charge in [-0.1, -0.05) is 0 Å². The van der Waals surface area contributed by atoms with Crippen molar-refractivity contribution in [2.75, 3.05) is 4.31 Å².